The van der Waals surface area contributed by atoms with E-state index in [4.69, 9.17) is 4.42 Å². The van der Waals surface area contributed by atoms with E-state index in [1.54, 1.807) is 18.2 Å². The number of aliphatic hydroxyl groups excluding tert-OH is 1. The third-order valence-corrected chi connectivity index (χ3v) is 2.45. The Morgan fingerprint density at radius 1 is 1.40 bits per heavy atom. The third-order valence-electron chi connectivity index (χ3n) is 2.02. The lowest BCUT2D eigenvalue weighted by molar-refractivity contribution is 0.499. The quantitative estimate of drug-likeness (QED) is 0.638. The molecule has 76 valence electrons. The Balaban J connectivity index is 2.78. The second-order valence-corrected chi connectivity index (χ2v) is 3.44. The lowest BCUT2D eigenvalue weighted by Crippen LogP contribution is -2.05. The standard InChI is InChI=1S/C11H7BrO3/c12-6-9(13)8-5-7-3-1-2-4-10(7)15-11(8)14/h1-6,13H. The van der Waals surface area contributed by atoms with Crippen LogP contribution in [0.15, 0.2) is 44.5 Å². The van der Waals surface area contributed by atoms with Crippen LogP contribution in [0.5, 0.6) is 0 Å². The molecule has 1 aromatic carbocycles. The Morgan fingerprint density at radius 2 is 2.13 bits per heavy atom. The third kappa shape index (κ3) is 1.80. The molecule has 0 saturated carbocycles. The van der Waals surface area contributed by atoms with Gasteiger partial charge in [0.25, 0.3) is 0 Å². The Labute approximate surface area is 93.8 Å². The summed E-state index contributed by atoms with van der Waals surface area (Å²) in [4.78, 5) is 12.7. The molecule has 0 unspecified atom stereocenters. The van der Waals surface area contributed by atoms with Gasteiger partial charge >= 0.3 is 5.63 Å². The fourth-order valence-electron chi connectivity index (χ4n) is 1.30. The fraction of sp³-hybridized carbons (Fsp3) is 0. The predicted octanol–water partition coefficient (Wildman–Crippen LogP) is 3.04. The van der Waals surface area contributed by atoms with E-state index in [2.05, 4.69) is 15.9 Å². The molecular formula is C11H7BrO3. The Kier molecular flexibility index (Phi) is 2.60. The number of aliphatic hydroxyl groups is 1. The molecule has 2 rings (SSSR count). The molecule has 0 aliphatic carbocycles. The van der Waals surface area contributed by atoms with E-state index in [1.807, 2.05) is 12.1 Å². The first-order valence-electron chi connectivity index (χ1n) is 4.25. The molecule has 1 aromatic heterocycles. The molecule has 3 nitrogen and oxygen atoms in total. The maximum Gasteiger partial charge on any atom is 0.347 e. The molecule has 0 aliphatic rings. The molecule has 0 saturated heterocycles. The second-order valence-electron chi connectivity index (χ2n) is 2.98. The zero-order valence-corrected chi connectivity index (χ0v) is 9.19. The Bertz CT molecular complexity index is 584. The first-order chi connectivity index (χ1) is 7.22. The number of hydrogen-bond acceptors (Lipinski definition) is 3. The summed E-state index contributed by atoms with van der Waals surface area (Å²) in [6.45, 7) is 0. The van der Waals surface area contributed by atoms with Gasteiger partial charge in [-0.1, -0.05) is 34.1 Å². The zero-order valence-electron chi connectivity index (χ0n) is 7.61. The van der Waals surface area contributed by atoms with Crippen LogP contribution in [0.25, 0.3) is 16.7 Å². The van der Waals surface area contributed by atoms with E-state index in [1.165, 1.54) is 4.99 Å². The van der Waals surface area contributed by atoms with Gasteiger partial charge < -0.3 is 9.52 Å². The first kappa shape index (κ1) is 9.98. The van der Waals surface area contributed by atoms with Crippen molar-refractivity contribution in [2.75, 3.05) is 0 Å². The summed E-state index contributed by atoms with van der Waals surface area (Å²) in [5.74, 6) is -0.144. The van der Waals surface area contributed by atoms with Gasteiger partial charge in [-0.15, -0.1) is 0 Å². The molecule has 0 aliphatic heterocycles. The topological polar surface area (TPSA) is 50.4 Å². The molecular weight excluding hydrogens is 260 g/mol. The monoisotopic (exact) mass is 266 g/mol. The minimum atomic E-state index is -0.554. The summed E-state index contributed by atoms with van der Waals surface area (Å²) in [7, 11) is 0. The van der Waals surface area contributed by atoms with Gasteiger partial charge in [-0.05, 0) is 12.1 Å². The van der Waals surface area contributed by atoms with Gasteiger partial charge in [-0.2, -0.15) is 0 Å². The van der Waals surface area contributed by atoms with Crippen molar-refractivity contribution in [1.29, 1.82) is 0 Å². The number of rotatable bonds is 1. The van der Waals surface area contributed by atoms with Crippen molar-refractivity contribution >= 4 is 32.7 Å². The summed E-state index contributed by atoms with van der Waals surface area (Å²) in [5.41, 5.74) is 0.0982. The van der Waals surface area contributed by atoms with Crippen molar-refractivity contribution in [3.05, 3.63) is 51.3 Å². The summed E-state index contributed by atoms with van der Waals surface area (Å²) >= 11 is 2.96. The highest BCUT2D eigenvalue weighted by atomic mass is 79.9. The summed E-state index contributed by atoms with van der Waals surface area (Å²) in [5, 5.41) is 10.2. The van der Waals surface area contributed by atoms with Crippen LogP contribution in [-0.2, 0) is 0 Å². The number of benzene rings is 1. The molecule has 0 amide bonds. The molecule has 4 heteroatoms. The van der Waals surface area contributed by atoms with Gasteiger partial charge in [-0.25, -0.2) is 4.79 Å². The molecule has 0 bridgehead atoms. The van der Waals surface area contributed by atoms with Gasteiger partial charge in [0.15, 0.2) is 0 Å². The van der Waals surface area contributed by atoms with Crippen LogP contribution < -0.4 is 5.63 Å². The van der Waals surface area contributed by atoms with Crippen LogP contribution in [0.1, 0.15) is 5.56 Å². The van der Waals surface area contributed by atoms with Gasteiger partial charge in [0.2, 0.25) is 0 Å². The predicted molar refractivity (Wildman–Crippen MR) is 62.0 cm³/mol. The van der Waals surface area contributed by atoms with Crippen LogP contribution >= 0.6 is 15.9 Å². The van der Waals surface area contributed by atoms with E-state index in [0.717, 1.165) is 5.39 Å². The van der Waals surface area contributed by atoms with E-state index in [0.29, 0.717) is 5.58 Å². The van der Waals surface area contributed by atoms with E-state index < -0.39 is 5.63 Å². The summed E-state index contributed by atoms with van der Waals surface area (Å²) < 4.78 is 5.04. The van der Waals surface area contributed by atoms with Crippen LogP contribution in [0, 0.1) is 0 Å². The summed E-state index contributed by atoms with van der Waals surface area (Å²) in [6, 6.07) is 8.72. The highest BCUT2D eigenvalue weighted by molar-refractivity contribution is 9.11. The lowest BCUT2D eigenvalue weighted by atomic mass is 10.2. The van der Waals surface area contributed by atoms with E-state index in [-0.39, 0.29) is 11.3 Å². The van der Waals surface area contributed by atoms with Crippen molar-refractivity contribution in [2.45, 2.75) is 0 Å². The second kappa shape index (κ2) is 3.90. The molecule has 1 N–H and O–H groups in total. The Hall–Kier alpha value is -1.55. The molecule has 0 atom stereocenters. The van der Waals surface area contributed by atoms with Gasteiger partial charge in [0.05, 0.1) is 0 Å². The van der Waals surface area contributed by atoms with E-state index in [9.17, 15) is 9.90 Å². The minimum absolute atomic E-state index is 0.144. The average molecular weight is 267 g/mol. The van der Waals surface area contributed by atoms with Crippen molar-refractivity contribution < 1.29 is 9.52 Å². The zero-order chi connectivity index (χ0) is 10.8. The molecule has 2 aromatic rings. The lowest BCUT2D eigenvalue weighted by Gasteiger charge is -1.99. The SMILES string of the molecule is O=c1oc2ccccc2cc1C(O)=CBr. The smallest absolute Gasteiger partial charge is 0.347 e. The molecule has 0 fully saturated rings. The van der Waals surface area contributed by atoms with Crippen molar-refractivity contribution in [1.82, 2.24) is 0 Å². The number of hydrogen-bond donors (Lipinski definition) is 1. The van der Waals surface area contributed by atoms with Crippen molar-refractivity contribution in [2.24, 2.45) is 0 Å². The van der Waals surface area contributed by atoms with Crippen LogP contribution in [0.3, 0.4) is 0 Å². The van der Waals surface area contributed by atoms with Crippen molar-refractivity contribution in [3.63, 3.8) is 0 Å². The van der Waals surface area contributed by atoms with Crippen LogP contribution in [0.2, 0.25) is 0 Å². The fourth-order valence-corrected chi connectivity index (χ4v) is 1.55. The number of halogens is 1. The normalized spacial score (nSPS) is 11.9. The maximum atomic E-state index is 11.4. The minimum Gasteiger partial charge on any atom is -0.506 e. The molecule has 1 heterocycles. The average Bonchev–Trinajstić information content (AvgIpc) is 2.27. The van der Waals surface area contributed by atoms with Crippen LogP contribution in [0.4, 0.5) is 0 Å². The summed E-state index contributed by atoms with van der Waals surface area (Å²) in [6.07, 6.45) is 0. The largest absolute Gasteiger partial charge is 0.506 e. The van der Waals surface area contributed by atoms with E-state index >= 15 is 0 Å². The Morgan fingerprint density at radius 3 is 2.87 bits per heavy atom. The number of fused-ring (bicyclic) bond motifs is 1. The maximum absolute atomic E-state index is 11.4. The highest BCUT2D eigenvalue weighted by Gasteiger charge is 2.07. The number of para-hydroxylation sites is 1. The molecule has 0 spiro atoms. The van der Waals surface area contributed by atoms with Gasteiger partial charge in [-0.3, -0.25) is 0 Å². The molecule has 0 radical (unpaired) electrons. The van der Waals surface area contributed by atoms with Crippen molar-refractivity contribution in [3.8, 4) is 0 Å². The molecule has 15 heavy (non-hydrogen) atoms. The van der Waals surface area contributed by atoms with Gasteiger partial charge in [0.1, 0.15) is 16.9 Å². The first-order valence-corrected chi connectivity index (χ1v) is 5.16. The van der Waals surface area contributed by atoms with Gasteiger partial charge in [0, 0.05) is 10.4 Å². The highest BCUT2D eigenvalue weighted by Crippen LogP contribution is 2.16. The van der Waals surface area contributed by atoms with Crippen LogP contribution in [-0.4, -0.2) is 5.11 Å².